The maximum Gasteiger partial charge on any atom is 0.131 e. The summed E-state index contributed by atoms with van der Waals surface area (Å²) in [6.45, 7) is 42.9. The molecule has 13 aromatic rings. The van der Waals surface area contributed by atoms with Gasteiger partial charge in [0.2, 0.25) is 0 Å². The Bertz CT molecular complexity index is 6290. The van der Waals surface area contributed by atoms with Crippen LogP contribution in [0.15, 0.2) is 273 Å². The average molecular weight is 2000 g/mol. The van der Waals surface area contributed by atoms with Gasteiger partial charge in [-0.15, -0.1) is 0 Å². The molecule has 0 saturated heterocycles. The lowest BCUT2D eigenvalue weighted by Gasteiger charge is -2.24. The van der Waals surface area contributed by atoms with Gasteiger partial charge in [0.15, 0.2) is 0 Å². The summed E-state index contributed by atoms with van der Waals surface area (Å²) in [4.78, 5) is 47.2. The van der Waals surface area contributed by atoms with Crippen LogP contribution in [0.5, 0.6) is 46.0 Å². The van der Waals surface area contributed by atoms with Crippen molar-refractivity contribution >= 4 is 23.1 Å². The van der Waals surface area contributed by atoms with Gasteiger partial charge in [-0.05, 0) is 345 Å². The summed E-state index contributed by atoms with van der Waals surface area (Å²) in [6.07, 6.45) is 5.85. The van der Waals surface area contributed by atoms with Gasteiger partial charge in [-0.2, -0.15) is 0 Å². The van der Waals surface area contributed by atoms with Crippen LogP contribution >= 0.6 is 0 Å². The smallest absolute Gasteiger partial charge is 0.131 e. The standard InChI is InChI=1S/C34H35FO3.C32H39FO4.2C32H39FO3/c1-23(36)19-29(25-9-7-6-8-10-25)26-12-14-27(15-13-26)38-22-24-11-17-32(34(2,3)4)30(20-24)31-21-28(37-5)16-18-33(31)35;1-22(34)18-25(8-7-17-35-5)24-10-12-26(13-11-24)37-21-23-9-15-30(32(2,3)4)28(19-23)29-20-27(36-6)14-16-31(29)33;2*1-21(2)16-25(17-22(3)34)24-9-11-26(12-10-24)36-20-23-8-14-30(32(4,5)6)28(18-23)29-19-27(35-7)13-15-31(29)33/h6-18,20-21,29H,19,22H2,1-5H3;9-16,19-20,25H,7-8,17-18,21H2,1-6H3;2*8-15,18-19,21,25H,16-17,20H2,1-7H3/t29-;3*25-/m0110/s1. The molecule has 0 aromatic heterocycles. The van der Waals surface area contributed by atoms with Gasteiger partial charge in [-0.1, -0.05) is 238 Å². The molecule has 0 heterocycles. The van der Waals surface area contributed by atoms with Crippen molar-refractivity contribution in [2.75, 3.05) is 42.2 Å². The number of ether oxygens (including phenoxy) is 9. The van der Waals surface area contributed by atoms with Crippen LogP contribution in [0.4, 0.5) is 17.6 Å². The minimum atomic E-state index is -0.288. The molecule has 0 saturated carbocycles. The number of hydrogen-bond donors (Lipinski definition) is 0. The van der Waals surface area contributed by atoms with Crippen molar-refractivity contribution in [2.45, 2.75) is 262 Å². The topological polar surface area (TPSA) is 151 Å². The monoisotopic (exact) mass is 2000 g/mol. The highest BCUT2D eigenvalue weighted by atomic mass is 19.1. The van der Waals surface area contributed by atoms with E-state index in [4.69, 9.17) is 42.6 Å². The van der Waals surface area contributed by atoms with Crippen LogP contribution < -0.4 is 37.9 Å². The van der Waals surface area contributed by atoms with E-state index in [0.29, 0.717) is 116 Å². The predicted octanol–water partition coefficient (Wildman–Crippen LogP) is 33.3. The number of carbonyl (C=O) groups excluding carboxylic acids is 4. The number of carbonyl (C=O) groups is 4. The zero-order valence-electron chi connectivity index (χ0n) is 91.0. The highest BCUT2D eigenvalue weighted by molar-refractivity contribution is 5.80. The fraction of sp³-hybridized carbons (Fsp3) is 0.369. The number of hydrogen-bond acceptors (Lipinski definition) is 13. The molecule has 13 aromatic carbocycles. The highest BCUT2D eigenvalue weighted by Gasteiger charge is 2.29. The lowest BCUT2D eigenvalue weighted by atomic mass is 9.81. The molecule has 17 heteroatoms. The first-order valence-corrected chi connectivity index (χ1v) is 51.0. The fourth-order valence-electron chi connectivity index (χ4n) is 18.7. The molecule has 0 amide bonds. The molecule has 4 atom stereocenters. The van der Waals surface area contributed by atoms with Gasteiger partial charge in [0.1, 0.15) is 119 Å². The Hall–Kier alpha value is -13.4. The third kappa shape index (κ3) is 34.6. The van der Waals surface area contributed by atoms with Crippen LogP contribution in [0.3, 0.4) is 0 Å². The molecule has 0 fully saturated rings. The van der Waals surface area contributed by atoms with Crippen molar-refractivity contribution < 1.29 is 79.4 Å². The van der Waals surface area contributed by atoms with E-state index in [2.05, 4.69) is 171 Å². The lowest BCUT2D eigenvalue weighted by molar-refractivity contribution is -0.118. The molecule has 13 nitrogen and oxygen atoms in total. The Kier molecular flexibility index (Phi) is 42.3. The van der Waals surface area contributed by atoms with Gasteiger partial charge in [-0.25, -0.2) is 17.6 Å². The SMILES string of the molecule is COCCC[C@H](CC(C)=O)c1ccc(OCc2ccc(C(C)(C)C)c(-c3cc(OC)ccc3F)c2)cc1.COc1ccc(F)c(-c2cc(COc3ccc([C@@H](CC(C)=O)CC(C)C)cc3)ccc2C(C)(C)C)c1.COc1ccc(F)c(-c2cc(COc3ccc([C@@H](CC(C)=O)c4ccccc4)cc3)ccc2C(C)(C)C)c1.COc1ccc(F)c(-c2cc(COc3ccc([C@H](CC(C)=O)CC(C)C)cc3)ccc2C(C)(C)C)c1. The van der Waals surface area contributed by atoms with Crippen LogP contribution in [0, 0.1) is 35.1 Å². The van der Waals surface area contributed by atoms with Crippen LogP contribution in [0.25, 0.3) is 44.5 Å². The molecule has 0 radical (unpaired) electrons. The van der Waals surface area contributed by atoms with Gasteiger partial charge in [0.05, 0.1) is 28.4 Å². The van der Waals surface area contributed by atoms with E-state index in [1.54, 1.807) is 112 Å². The second-order valence-electron chi connectivity index (χ2n) is 43.4. The van der Waals surface area contributed by atoms with E-state index in [1.807, 2.05) is 140 Å². The number of ketones is 4. The molecule has 0 bridgehead atoms. The number of Topliss-reactive ketones (excluding diaryl/α,β-unsaturated/α-hetero) is 4. The molecule has 13 rings (SSSR count). The third-order valence-corrected chi connectivity index (χ3v) is 26.1. The summed E-state index contributed by atoms with van der Waals surface area (Å²) in [5.41, 5.74) is 18.4. The minimum absolute atomic E-state index is 0.00742. The van der Waals surface area contributed by atoms with E-state index in [1.165, 1.54) is 24.3 Å². The van der Waals surface area contributed by atoms with E-state index in [-0.39, 0.29) is 91.7 Å². The zero-order valence-corrected chi connectivity index (χ0v) is 91.0. The molecule has 147 heavy (non-hydrogen) atoms. The number of rotatable bonds is 41. The molecule has 0 aliphatic carbocycles. The minimum Gasteiger partial charge on any atom is -0.497 e. The van der Waals surface area contributed by atoms with E-state index in [9.17, 15) is 36.7 Å². The first-order chi connectivity index (χ1) is 69.7. The first-order valence-electron chi connectivity index (χ1n) is 51.0. The summed E-state index contributed by atoms with van der Waals surface area (Å²) in [6, 6.07) is 85.8. The average Bonchev–Trinajstić information content (AvgIpc) is 0.792. The molecule has 778 valence electrons. The van der Waals surface area contributed by atoms with Crippen LogP contribution in [0.1, 0.15) is 286 Å². The molecule has 0 spiro atoms. The summed E-state index contributed by atoms with van der Waals surface area (Å²) in [5.74, 6) is 6.76. The Morgan fingerprint density at radius 2 is 0.503 bits per heavy atom. The number of benzene rings is 13. The largest absolute Gasteiger partial charge is 0.497 e. The van der Waals surface area contributed by atoms with Crippen molar-refractivity contribution in [2.24, 2.45) is 11.8 Å². The summed E-state index contributed by atoms with van der Waals surface area (Å²) in [7, 11) is 8.03. The third-order valence-electron chi connectivity index (χ3n) is 26.1. The molecule has 0 unspecified atom stereocenters. The number of halogens is 4. The molecule has 0 aliphatic rings. The van der Waals surface area contributed by atoms with Gasteiger partial charge >= 0.3 is 0 Å². The Labute approximate surface area is 871 Å². The van der Waals surface area contributed by atoms with Crippen LogP contribution in [0.2, 0.25) is 0 Å². The second-order valence-corrected chi connectivity index (χ2v) is 43.4. The maximum absolute atomic E-state index is 14.9. The lowest BCUT2D eigenvalue weighted by Crippen LogP contribution is -2.13. The van der Waals surface area contributed by atoms with Gasteiger partial charge in [0, 0.05) is 67.6 Å². The Morgan fingerprint density at radius 1 is 0.265 bits per heavy atom. The van der Waals surface area contributed by atoms with Gasteiger partial charge in [-0.3, -0.25) is 4.79 Å². The van der Waals surface area contributed by atoms with E-state index < -0.39 is 0 Å². The van der Waals surface area contributed by atoms with E-state index >= 15 is 0 Å². The highest BCUT2D eigenvalue weighted by Crippen LogP contribution is 2.45. The number of methoxy groups -OCH3 is 5. The normalized spacial score (nSPS) is 12.3. The molecular weight excluding hydrogens is 1850 g/mol. The maximum atomic E-state index is 14.9. The first kappa shape index (κ1) is 116. The quantitative estimate of drug-likeness (QED) is 0.0264. The Morgan fingerprint density at radius 3 is 0.741 bits per heavy atom. The summed E-state index contributed by atoms with van der Waals surface area (Å²) in [5, 5.41) is 0. The molecule has 0 N–H and O–H groups in total. The Balaban J connectivity index is 0.000000201. The fourth-order valence-corrected chi connectivity index (χ4v) is 18.7. The molecular formula is C130H152F4O13. The predicted molar refractivity (Wildman–Crippen MR) is 589 cm³/mol. The van der Waals surface area contributed by atoms with Crippen molar-refractivity contribution in [3.05, 3.63) is 369 Å². The van der Waals surface area contributed by atoms with Crippen LogP contribution in [-0.2, 0) is 72.0 Å². The van der Waals surface area contributed by atoms with Gasteiger partial charge < -0.3 is 57.0 Å². The molecule has 0 aliphatic heterocycles. The summed E-state index contributed by atoms with van der Waals surface area (Å²) < 4.78 is 111. The zero-order chi connectivity index (χ0) is 107. The summed E-state index contributed by atoms with van der Waals surface area (Å²) >= 11 is 0. The van der Waals surface area contributed by atoms with Crippen molar-refractivity contribution in [3.63, 3.8) is 0 Å². The van der Waals surface area contributed by atoms with E-state index in [0.717, 1.165) is 143 Å². The van der Waals surface area contributed by atoms with Crippen LogP contribution in [-0.4, -0.2) is 65.3 Å². The van der Waals surface area contributed by atoms with Crippen molar-refractivity contribution in [3.8, 4) is 90.5 Å². The van der Waals surface area contributed by atoms with Crippen molar-refractivity contribution in [1.29, 1.82) is 0 Å². The van der Waals surface area contributed by atoms with Crippen molar-refractivity contribution in [1.82, 2.24) is 0 Å². The second kappa shape index (κ2) is 53.8. The van der Waals surface area contributed by atoms with Gasteiger partial charge in [0.25, 0.3) is 0 Å².